The van der Waals surface area contributed by atoms with Crippen LogP contribution >= 0.6 is 0 Å². The Morgan fingerprint density at radius 1 is 1.00 bits per heavy atom. The van der Waals surface area contributed by atoms with Crippen molar-refractivity contribution in [1.29, 1.82) is 10.5 Å². The van der Waals surface area contributed by atoms with Gasteiger partial charge in [-0.05, 0) is 35.9 Å². The van der Waals surface area contributed by atoms with E-state index in [1.54, 1.807) is 54.6 Å². The van der Waals surface area contributed by atoms with Gasteiger partial charge in [-0.15, -0.1) is 0 Å². The van der Waals surface area contributed by atoms with Crippen molar-refractivity contribution in [2.24, 2.45) is 0 Å². The number of allylic oxidation sites excluding steroid dienone is 1. The summed E-state index contributed by atoms with van der Waals surface area (Å²) >= 11 is 0. The number of carbonyl (C=O) groups excluding carboxylic acids is 1. The largest absolute Gasteiger partial charge is 0.289 e. The van der Waals surface area contributed by atoms with Crippen molar-refractivity contribution in [2.45, 2.75) is 0 Å². The average molecular weight is 258 g/mol. The Hall–Kier alpha value is -3.17. The Labute approximate surface area is 117 Å². The topological polar surface area (TPSA) is 64.7 Å². The molecule has 0 fully saturated rings. The summed E-state index contributed by atoms with van der Waals surface area (Å²) in [5, 5.41) is 17.8. The molecule has 94 valence electrons. The Kier molecular flexibility index (Phi) is 4.07. The van der Waals surface area contributed by atoms with E-state index in [1.165, 1.54) is 6.08 Å². The highest BCUT2D eigenvalue weighted by Crippen LogP contribution is 2.11. The lowest BCUT2D eigenvalue weighted by molar-refractivity contribution is 0.104. The summed E-state index contributed by atoms with van der Waals surface area (Å²) in [6, 6.07) is 17.7. The van der Waals surface area contributed by atoms with Crippen LogP contribution < -0.4 is 0 Å². The average Bonchev–Trinajstić information content (AvgIpc) is 2.52. The molecule has 20 heavy (non-hydrogen) atoms. The molecule has 0 heterocycles. The van der Waals surface area contributed by atoms with Gasteiger partial charge in [0.15, 0.2) is 5.78 Å². The number of nitrogens with zero attached hydrogens (tertiary/aromatic N) is 2. The number of ketones is 1. The summed E-state index contributed by atoms with van der Waals surface area (Å²) in [7, 11) is 0. The van der Waals surface area contributed by atoms with Gasteiger partial charge < -0.3 is 0 Å². The lowest BCUT2D eigenvalue weighted by Gasteiger charge is -1.98. The van der Waals surface area contributed by atoms with Crippen molar-refractivity contribution in [2.75, 3.05) is 0 Å². The van der Waals surface area contributed by atoms with Gasteiger partial charge >= 0.3 is 0 Å². The van der Waals surface area contributed by atoms with Crippen LogP contribution in [0.25, 0.3) is 6.08 Å². The van der Waals surface area contributed by atoms with Gasteiger partial charge in [0, 0.05) is 5.56 Å². The first-order chi connectivity index (χ1) is 9.74. The van der Waals surface area contributed by atoms with Crippen molar-refractivity contribution in [3.05, 3.63) is 76.9 Å². The van der Waals surface area contributed by atoms with E-state index in [9.17, 15) is 4.79 Å². The second-order valence-corrected chi connectivity index (χ2v) is 4.09. The van der Waals surface area contributed by atoms with Crippen LogP contribution in [0.3, 0.4) is 0 Å². The first kappa shape index (κ1) is 13.3. The van der Waals surface area contributed by atoms with Gasteiger partial charge in [-0.25, -0.2) is 0 Å². The second-order valence-electron chi connectivity index (χ2n) is 4.09. The van der Waals surface area contributed by atoms with Crippen LogP contribution in [-0.2, 0) is 0 Å². The highest BCUT2D eigenvalue weighted by Gasteiger charge is 2.07. The summed E-state index contributed by atoms with van der Waals surface area (Å²) in [5.41, 5.74) is 2.04. The van der Waals surface area contributed by atoms with Crippen LogP contribution in [0.5, 0.6) is 0 Å². The van der Waals surface area contributed by atoms with Crippen LogP contribution in [0.15, 0.2) is 54.6 Å². The molecule has 2 rings (SSSR count). The molecule has 0 aliphatic heterocycles. The molecule has 0 N–H and O–H groups in total. The number of hydrogen-bond acceptors (Lipinski definition) is 3. The molecule has 0 aliphatic rings. The summed E-state index contributed by atoms with van der Waals surface area (Å²) in [6.45, 7) is 0. The lowest BCUT2D eigenvalue weighted by atomic mass is 10.0. The van der Waals surface area contributed by atoms with Gasteiger partial charge in [0.05, 0.1) is 23.3 Å². The molecule has 0 radical (unpaired) electrons. The summed E-state index contributed by atoms with van der Waals surface area (Å²) in [6.07, 6.45) is 3.05. The zero-order valence-corrected chi connectivity index (χ0v) is 10.6. The van der Waals surface area contributed by atoms with Crippen LogP contribution in [0, 0.1) is 22.7 Å². The molecule has 2 aromatic carbocycles. The molecule has 3 nitrogen and oxygen atoms in total. The minimum absolute atomic E-state index is 0.232. The normalized spacial score (nSPS) is 9.90. The van der Waals surface area contributed by atoms with E-state index in [1.807, 2.05) is 12.1 Å². The van der Waals surface area contributed by atoms with E-state index in [2.05, 4.69) is 0 Å². The predicted molar refractivity (Wildman–Crippen MR) is 75.7 cm³/mol. The van der Waals surface area contributed by atoms with Gasteiger partial charge in [-0.2, -0.15) is 10.5 Å². The molecular formula is C17H10N2O. The van der Waals surface area contributed by atoms with Crippen LogP contribution in [0.2, 0.25) is 0 Å². The fourth-order valence-corrected chi connectivity index (χ4v) is 1.77. The number of rotatable bonds is 3. The summed E-state index contributed by atoms with van der Waals surface area (Å²) in [4.78, 5) is 12.0. The molecule has 0 spiro atoms. The number of nitriles is 2. The van der Waals surface area contributed by atoms with Crippen molar-refractivity contribution >= 4 is 11.9 Å². The van der Waals surface area contributed by atoms with Crippen molar-refractivity contribution in [3.8, 4) is 12.1 Å². The van der Waals surface area contributed by atoms with E-state index < -0.39 is 0 Å². The third-order valence-electron chi connectivity index (χ3n) is 2.76. The van der Waals surface area contributed by atoms with Gasteiger partial charge in [-0.1, -0.05) is 30.3 Å². The zero-order valence-electron chi connectivity index (χ0n) is 10.6. The molecule has 0 aliphatic carbocycles. The van der Waals surface area contributed by atoms with E-state index in [-0.39, 0.29) is 5.78 Å². The molecule has 0 atom stereocenters. The molecular weight excluding hydrogens is 248 g/mol. The standard InChI is InChI=1S/C17H10N2O/c18-11-14-5-3-4-13(10-14)8-9-17(20)16-7-2-1-6-15(16)12-19/h1-10H. The maximum absolute atomic E-state index is 12.0. The van der Waals surface area contributed by atoms with Crippen LogP contribution in [0.1, 0.15) is 27.0 Å². The lowest BCUT2D eigenvalue weighted by Crippen LogP contribution is -1.97. The maximum Gasteiger partial charge on any atom is 0.187 e. The van der Waals surface area contributed by atoms with E-state index in [4.69, 9.17) is 10.5 Å². The SMILES string of the molecule is N#Cc1cccc(C=CC(=O)c2ccccc2C#N)c1. The molecule has 2 aromatic rings. The highest BCUT2D eigenvalue weighted by molar-refractivity contribution is 6.08. The van der Waals surface area contributed by atoms with Gasteiger partial charge in [0.25, 0.3) is 0 Å². The molecule has 0 amide bonds. The van der Waals surface area contributed by atoms with Gasteiger partial charge in [0.1, 0.15) is 0 Å². The molecule has 0 bridgehead atoms. The molecule has 0 saturated heterocycles. The fourth-order valence-electron chi connectivity index (χ4n) is 1.77. The summed E-state index contributed by atoms with van der Waals surface area (Å²) < 4.78 is 0. The predicted octanol–water partition coefficient (Wildman–Crippen LogP) is 3.33. The maximum atomic E-state index is 12.0. The Balaban J connectivity index is 2.25. The minimum atomic E-state index is -0.232. The van der Waals surface area contributed by atoms with Crippen molar-refractivity contribution < 1.29 is 4.79 Å². The first-order valence-corrected chi connectivity index (χ1v) is 5.96. The van der Waals surface area contributed by atoms with Gasteiger partial charge in [-0.3, -0.25) is 4.79 Å². The third kappa shape index (κ3) is 2.98. The third-order valence-corrected chi connectivity index (χ3v) is 2.76. The Bertz CT molecular complexity index is 761. The first-order valence-electron chi connectivity index (χ1n) is 5.96. The van der Waals surface area contributed by atoms with E-state index in [0.29, 0.717) is 16.7 Å². The van der Waals surface area contributed by atoms with E-state index in [0.717, 1.165) is 5.56 Å². The highest BCUT2D eigenvalue weighted by atomic mass is 16.1. The Morgan fingerprint density at radius 2 is 1.80 bits per heavy atom. The monoisotopic (exact) mass is 258 g/mol. The number of hydrogen-bond donors (Lipinski definition) is 0. The zero-order chi connectivity index (χ0) is 14.4. The summed E-state index contributed by atoms with van der Waals surface area (Å²) in [5.74, 6) is -0.232. The van der Waals surface area contributed by atoms with Crippen LogP contribution in [-0.4, -0.2) is 5.78 Å². The van der Waals surface area contributed by atoms with Gasteiger partial charge in [0.2, 0.25) is 0 Å². The number of benzene rings is 2. The number of carbonyl (C=O) groups is 1. The second kappa shape index (κ2) is 6.13. The van der Waals surface area contributed by atoms with Crippen molar-refractivity contribution in [3.63, 3.8) is 0 Å². The minimum Gasteiger partial charge on any atom is -0.289 e. The molecule has 0 aromatic heterocycles. The Morgan fingerprint density at radius 3 is 2.55 bits per heavy atom. The molecule has 0 saturated carbocycles. The quantitative estimate of drug-likeness (QED) is 0.626. The van der Waals surface area contributed by atoms with Crippen LogP contribution in [0.4, 0.5) is 0 Å². The fraction of sp³-hybridized carbons (Fsp3) is 0. The molecule has 3 heteroatoms. The smallest absolute Gasteiger partial charge is 0.187 e. The molecule has 0 unspecified atom stereocenters. The van der Waals surface area contributed by atoms with Crippen molar-refractivity contribution in [1.82, 2.24) is 0 Å². The van der Waals surface area contributed by atoms with E-state index >= 15 is 0 Å².